The minimum atomic E-state index is -0.897. The molecular formula is C15H19BrN2O3. The standard InChI is InChI=1S/C15H19BrN2O3/c1-9(14(19)20)8-18(2)15(21)17-13-6-3-10-7-11(16)4-5-12(10)13/h4-5,7,9,13H,3,6,8H2,1-2H3,(H,17,21)(H,19,20). The van der Waals surface area contributed by atoms with Crippen molar-refractivity contribution in [3.05, 3.63) is 33.8 Å². The molecule has 0 saturated heterocycles. The molecule has 0 fully saturated rings. The van der Waals surface area contributed by atoms with E-state index in [9.17, 15) is 9.59 Å². The van der Waals surface area contributed by atoms with Crippen LogP contribution in [-0.2, 0) is 11.2 Å². The van der Waals surface area contributed by atoms with E-state index in [0.717, 1.165) is 22.9 Å². The SMILES string of the molecule is CC(CN(C)C(=O)NC1CCc2cc(Br)ccc21)C(=O)O. The number of carbonyl (C=O) groups is 2. The van der Waals surface area contributed by atoms with Gasteiger partial charge in [-0.05, 0) is 36.1 Å². The molecule has 5 nitrogen and oxygen atoms in total. The normalized spacial score (nSPS) is 18.0. The van der Waals surface area contributed by atoms with Gasteiger partial charge in [-0.3, -0.25) is 4.79 Å². The molecule has 2 N–H and O–H groups in total. The first-order valence-corrected chi connectivity index (χ1v) is 7.70. The zero-order chi connectivity index (χ0) is 15.6. The van der Waals surface area contributed by atoms with Crippen LogP contribution in [0.4, 0.5) is 4.79 Å². The fraction of sp³-hybridized carbons (Fsp3) is 0.467. The largest absolute Gasteiger partial charge is 0.481 e. The molecule has 21 heavy (non-hydrogen) atoms. The summed E-state index contributed by atoms with van der Waals surface area (Å²) >= 11 is 3.45. The van der Waals surface area contributed by atoms with Gasteiger partial charge >= 0.3 is 12.0 Å². The Morgan fingerprint density at radius 3 is 2.90 bits per heavy atom. The first-order valence-electron chi connectivity index (χ1n) is 6.91. The Bertz CT molecular complexity index is 562. The number of amides is 2. The van der Waals surface area contributed by atoms with Gasteiger partial charge in [-0.2, -0.15) is 0 Å². The Balaban J connectivity index is 1.97. The number of nitrogens with zero attached hydrogens (tertiary/aromatic N) is 1. The average Bonchev–Trinajstić information content (AvgIpc) is 2.80. The highest BCUT2D eigenvalue weighted by atomic mass is 79.9. The molecule has 2 unspecified atom stereocenters. The lowest BCUT2D eigenvalue weighted by Crippen LogP contribution is -2.41. The van der Waals surface area contributed by atoms with Gasteiger partial charge in [0.05, 0.1) is 12.0 Å². The maximum absolute atomic E-state index is 12.1. The number of urea groups is 1. The second kappa shape index (κ2) is 6.47. The van der Waals surface area contributed by atoms with E-state index in [2.05, 4.69) is 27.3 Å². The lowest BCUT2D eigenvalue weighted by atomic mass is 10.1. The van der Waals surface area contributed by atoms with Gasteiger partial charge in [0.15, 0.2) is 0 Å². The predicted octanol–water partition coefficient (Wildman–Crippen LogP) is 2.80. The summed E-state index contributed by atoms with van der Waals surface area (Å²) in [6.45, 7) is 1.79. The molecule has 0 aliphatic heterocycles. The van der Waals surface area contributed by atoms with Gasteiger partial charge in [0, 0.05) is 18.1 Å². The van der Waals surface area contributed by atoms with Crippen molar-refractivity contribution in [2.75, 3.05) is 13.6 Å². The number of hydrogen-bond donors (Lipinski definition) is 2. The molecule has 1 aliphatic rings. The molecule has 0 radical (unpaired) electrons. The zero-order valence-corrected chi connectivity index (χ0v) is 13.7. The minimum absolute atomic E-state index is 0.00295. The number of nitrogens with one attached hydrogen (secondary N) is 1. The highest BCUT2D eigenvalue weighted by Crippen LogP contribution is 2.32. The third-order valence-corrected chi connectivity index (χ3v) is 4.29. The molecule has 0 aromatic heterocycles. The summed E-state index contributed by atoms with van der Waals surface area (Å²) in [5.41, 5.74) is 2.39. The van der Waals surface area contributed by atoms with Crippen molar-refractivity contribution >= 4 is 27.9 Å². The molecule has 2 atom stereocenters. The number of hydrogen-bond acceptors (Lipinski definition) is 2. The Morgan fingerprint density at radius 2 is 2.24 bits per heavy atom. The van der Waals surface area contributed by atoms with Crippen LogP contribution < -0.4 is 5.32 Å². The molecule has 0 spiro atoms. The van der Waals surface area contributed by atoms with Crippen LogP contribution in [0.5, 0.6) is 0 Å². The summed E-state index contributed by atoms with van der Waals surface area (Å²) in [4.78, 5) is 24.4. The number of carboxylic acid groups (broad SMARTS) is 1. The van der Waals surface area contributed by atoms with Gasteiger partial charge < -0.3 is 15.3 Å². The maximum Gasteiger partial charge on any atom is 0.317 e. The third kappa shape index (κ3) is 3.75. The Kier molecular flexibility index (Phi) is 4.88. The van der Waals surface area contributed by atoms with Crippen molar-refractivity contribution in [1.82, 2.24) is 10.2 Å². The number of fused-ring (bicyclic) bond motifs is 1. The van der Waals surface area contributed by atoms with E-state index in [1.807, 2.05) is 12.1 Å². The summed E-state index contributed by atoms with van der Waals surface area (Å²) in [7, 11) is 1.62. The van der Waals surface area contributed by atoms with Crippen LogP contribution in [0, 0.1) is 5.92 Å². The molecule has 1 aromatic rings. The first kappa shape index (κ1) is 15.8. The van der Waals surface area contributed by atoms with Crippen LogP contribution >= 0.6 is 15.9 Å². The summed E-state index contributed by atoms with van der Waals surface area (Å²) in [5, 5.41) is 11.9. The van der Waals surface area contributed by atoms with Crippen molar-refractivity contribution in [3.8, 4) is 0 Å². The van der Waals surface area contributed by atoms with Gasteiger partial charge in [0.1, 0.15) is 0 Å². The third-order valence-electron chi connectivity index (χ3n) is 3.80. The van der Waals surface area contributed by atoms with Gasteiger partial charge in [-0.25, -0.2) is 4.79 Å². The number of carboxylic acids is 1. The number of halogens is 1. The van der Waals surface area contributed by atoms with Crippen molar-refractivity contribution in [2.24, 2.45) is 5.92 Å². The van der Waals surface area contributed by atoms with E-state index in [4.69, 9.17) is 5.11 Å². The van der Waals surface area contributed by atoms with Crippen molar-refractivity contribution in [1.29, 1.82) is 0 Å². The molecule has 2 amide bonds. The van der Waals surface area contributed by atoms with E-state index >= 15 is 0 Å². The molecule has 114 valence electrons. The van der Waals surface area contributed by atoms with Crippen LogP contribution in [0.25, 0.3) is 0 Å². The van der Waals surface area contributed by atoms with E-state index < -0.39 is 11.9 Å². The van der Waals surface area contributed by atoms with Crippen LogP contribution in [0.3, 0.4) is 0 Å². The van der Waals surface area contributed by atoms with Gasteiger partial charge in [-0.15, -0.1) is 0 Å². The number of benzene rings is 1. The average molecular weight is 355 g/mol. The van der Waals surface area contributed by atoms with Crippen molar-refractivity contribution in [2.45, 2.75) is 25.8 Å². The molecule has 0 saturated carbocycles. The molecule has 6 heteroatoms. The highest BCUT2D eigenvalue weighted by Gasteiger charge is 2.26. The Hall–Kier alpha value is -1.56. The van der Waals surface area contributed by atoms with Crippen LogP contribution in [0.15, 0.2) is 22.7 Å². The smallest absolute Gasteiger partial charge is 0.317 e. The first-order chi connectivity index (χ1) is 9.88. The summed E-state index contributed by atoms with van der Waals surface area (Å²) < 4.78 is 1.04. The summed E-state index contributed by atoms with van der Waals surface area (Å²) in [6, 6.07) is 5.85. The van der Waals surface area contributed by atoms with Crippen molar-refractivity contribution < 1.29 is 14.7 Å². The number of aryl methyl sites for hydroxylation is 1. The van der Waals surface area contributed by atoms with Gasteiger partial charge in [0.25, 0.3) is 0 Å². The number of rotatable bonds is 4. The molecular weight excluding hydrogens is 336 g/mol. The number of carbonyl (C=O) groups excluding carboxylic acids is 1. The second-order valence-electron chi connectivity index (χ2n) is 5.50. The Labute approximate surface area is 132 Å². The topological polar surface area (TPSA) is 69.6 Å². The fourth-order valence-electron chi connectivity index (χ4n) is 2.57. The van der Waals surface area contributed by atoms with Crippen molar-refractivity contribution in [3.63, 3.8) is 0 Å². The maximum atomic E-state index is 12.1. The Morgan fingerprint density at radius 1 is 1.52 bits per heavy atom. The fourth-order valence-corrected chi connectivity index (χ4v) is 2.98. The van der Waals surface area contributed by atoms with E-state index in [0.29, 0.717) is 0 Å². The highest BCUT2D eigenvalue weighted by molar-refractivity contribution is 9.10. The van der Waals surface area contributed by atoms with E-state index in [1.165, 1.54) is 10.5 Å². The van der Waals surface area contributed by atoms with Gasteiger partial charge in [0.2, 0.25) is 0 Å². The molecule has 0 heterocycles. The lowest BCUT2D eigenvalue weighted by Gasteiger charge is -2.23. The molecule has 1 aliphatic carbocycles. The second-order valence-corrected chi connectivity index (χ2v) is 6.42. The van der Waals surface area contributed by atoms with Gasteiger partial charge in [-0.1, -0.05) is 28.9 Å². The monoisotopic (exact) mass is 354 g/mol. The van der Waals surface area contributed by atoms with E-state index in [1.54, 1.807) is 14.0 Å². The quantitative estimate of drug-likeness (QED) is 0.873. The summed E-state index contributed by atoms with van der Waals surface area (Å²) in [5.74, 6) is -1.47. The molecule has 1 aromatic carbocycles. The van der Waals surface area contributed by atoms with Crippen LogP contribution in [0.2, 0.25) is 0 Å². The van der Waals surface area contributed by atoms with Crippen LogP contribution in [-0.4, -0.2) is 35.6 Å². The number of aliphatic carboxylic acids is 1. The lowest BCUT2D eigenvalue weighted by molar-refractivity contribution is -0.141. The predicted molar refractivity (Wildman–Crippen MR) is 83.2 cm³/mol. The minimum Gasteiger partial charge on any atom is -0.481 e. The zero-order valence-electron chi connectivity index (χ0n) is 12.1. The van der Waals surface area contributed by atoms with E-state index in [-0.39, 0.29) is 18.6 Å². The summed E-state index contributed by atoms with van der Waals surface area (Å²) in [6.07, 6.45) is 1.81. The molecule has 0 bridgehead atoms. The van der Waals surface area contributed by atoms with Crippen LogP contribution in [0.1, 0.15) is 30.5 Å². The molecule has 2 rings (SSSR count).